The maximum Gasteiger partial charge on any atom is 0.416 e. The van der Waals surface area contributed by atoms with Gasteiger partial charge in [-0.25, -0.2) is 0 Å². The zero-order valence-electron chi connectivity index (χ0n) is 16.6. The molecule has 3 rings (SSSR count). The molecule has 0 bridgehead atoms. The molecule has 0 heterocycles. The van der Waals surface area contributed by atoms with E-state index in [1.165, 1.54) is 6.21 Å². The summed E-state index contributed by atoms with van der Waals surface area (Å²) in [5, 5.41) is 24.3. The standard InChI is InChI=1S/C22H14BrF3N4O3/c23-18-6-8-21(33-13-15-4-2-1-3-14(15)11-27)16(9-18)12-28-29-19-7-5-17(22(24,25)26)10-20(19)30(31)32/h1-10,12,29H,13H2/b28-12-. The Morgan fingerprint density at radius 1 is 1.18 bits per heavy atom. The van der Waals surface area contributed by atoms with Gasteiger partial charge >= 0.3 is 6.18 Å². The number of benzene rings is 3. The number of halogens is 4. The molecule has 0 amide bonds. The van der Waals surface area contributed by atoms with Crippen molar-refractivity contribution in [1.29, 1.82) is 5.26 Å². The lowest BCUT2D eigenvalue weighted by molar-refractivity contribution is -0.384. The molecule has 0 radical (unpaired) electrons. The zero-order valence-corrected chi connectivity index (χ0v) is 18.2. The quantitative estimate of drug-likeness (QED) is 0.225. The van der Waals surface area contributed by atoms with E-state index in [-0.39, 0.29) is 12.3 Å². The number of nitro groups is 1. The lowest BCUT2D eigenvalue weighted by atomic mass is 10.1. The second-order valence-electron chi connectivity index (χ2n) is 6.60. The normalized spacial score (nSPS) is 11.2. The average molecular weight is 519 g/mol. The molecule has 0 aromatic heterocycles. The molecule has 7 nitrogen and oxygen atoms in total. The molecule has 0 saturated heterocycles. The molecule has 0 unspecified atom stereocenters. The first-order chi connectivity index (χ1) is 15.7. The van der Waals surface area contributed by atoms with Crippen LogP contribution in [0.4, 0.5) is 24.5 Å². The van der Waals surface area contributed by atoms with Crippen molar-refractivity contribution in [3.8, 4) is 11.8 Å². The van der Waals surface area contributed by atoms with Crippen molar-refractivity contribution in [2.75, 3.05) is 5.43 Å². The number of hydrogen-bond acceptors (Lipinski definition) is 6. The summed E-state index contributed by atoms with van der Waals surface area (Å²) in [5.41, 5.74) is 1.95. The molecule has 0 aliphatic heterocycles. The van der Waals surface area contributed by atoms with Gasteiger partial charge in [0.15, 0.2) is 0 Å². The molecule has 0 aliphatic carbocycles. The van der Waals surface area contributed by atoms with Crippen LogP contribution in [0, 0.1) is 21.4 Å². The molecule has 0 aliphatic rings. The predicted molar refractivity (Wildman–Crippen MR) is 119 cm³/mol. The van der Waals surface area contributed by atoms with E-state index in [0.717, 1.165) is 12.1 Å². The second-order valence-corrected chi connectivity index (χ2v) is 7.51. The number of nitrogens with one attached hydrogen (secondary N) is 1. The van der Waals surface area contributed by atoms with E-state index in [0.29, 0.717) is 33.0 Å². The first-order valence-corrected chi connectivity index (χ1v) is 10.0. The van der Waals surface area contributed by atoms with Gasteiger partial charge in [0.2, 0.25) is 0 Å². The molecule has 3 aromatic carbocycles. The van der Waals surface area contributed by atoms with Crippen molar-refractivity contribution in [3.05, 3.63) is 97.5 Å². The van der Waals surface area contributed by atoms with Crippen LogP contribution in [-0.4, -0.2) is 11.1 Å². The first-order valence-electron chi connectivity index (χ1n) is 9.24. The highest BCUT2D eigenvalue weighted by molar-refractivity contribution is 9.10. The molecular formula is C22H14BrF3N4O3. The number of anilines is 1. The van der Waals surface area contributed by atoms with Gasteiger partial charge in [0.25, 0.3) is 5.69 Å². The Bertz CT molecular complexity index is 1260. The summed E-state index contributed by atoms with van der Waals surface area (Å²) in [6, 6.07) is 16.2. The van der Waals surface area contributed by atoms with Gasteiger partial charge in [-0.15, -0.1) is 0 Å². The topological polar surface area (TPSA) is 101 Å². The van der Waals surface area contributed by atoms with Crippen LogP contribution in [0.1, 0.15) is 22.3 Å². The fraction of sp³-hybridized carbons (Fsp3) is 0.0909. The van der Waals surface area contributed by atoms with E-state index in [2.05, 4.69) is 32.5 Å². The van der Waals surface area contributed by atoms with E-state index in [9.17, 15) is 28.5 Å². The van der Waals surface area contributed by atoms with Crippen LogP contribution in [0.2, 0.25) is 0 Å². The van der Waals surface area contributed by atoms with E-state index < -0.39 is 22.4 Å². The number of hydrazone groups is 1. The number of nitrogens with zero attached hydrogens (tertiary/aromatic N) is 3. The van der Waals surface area contributed by atoms with Crippen molar-refractivity contribution in [2.45, 2.75) is 12.8 Å². The van der Waals surface area contributed by atoms with Crippen LogP contribution >= 0.6 is 15.9 Å². The summed E-state index contributed by atoms with van der Waals surface area (Å²) in [4.78, 5) is 10.3. The van der Waals surface area contributed by atoms with Gasteiger partial charge in [-0.2, -0.15) is 23.5 Å². The number of nitriles is 1. The molecule has 168 valence electrons. The minimum Gasteiger partial charge on any atom is -0.488 e. The van der Waals surface area contributed by atoms with E-state index in [1.54, 1.807) is 42.5 Å². The Morgan fingerprint density at radius 2 is 1.94 bits per heavy atom. The maximum atomic E-state index is 12.9. The zero-order chi connectivity index (χ0) is 24.0. The molecular weight excluding hydrogens is 505 g/mol. The maximum absolute atomic E-state index is 12.9. The van der Waals surface area contributed by atoms with Crippen molar-refractivity contribution >= 4 is 33.5 Å². The van der Waals surface area contributed by atoms with Crippen molar-refractivity contribution < 1.29 is 22.8 Å². The van der Waals surface area contributed by atoms with Gasteiger partial charge in [-0.05, 0) is 36.4 Å². The predicted octanol–water partition coefficient (Wildman–Crippen LogP) is 6.27. The third kappa shape index (κ3) is 6.08. The van der Waals surface area contributed by atoms with Crippen LogP contribution in [0.5, 0.6) is 5.75 Å². The summed E-state index contributed by atoms with van der Waals surface area (Å²) in [7, 11) is 0. The monoisotopic (exact) mass is 518 g/mol. The summed E-state index contributed by atoms with van der Waals surface area (Å²) >= 11 is 3.33. The number of hydrogen-bond donors (Lipinski definition) is 1. The molecule has 0 spiro atoms. The average Bonchev–Trinajstić information content (AvgIpc) is 2.78. The molecule has 0 saturated carbocycles. The minimum absolute atomic E-state index is 0.115. The van der Waals surface area contributed by atoms with Crippen LogP contribution in [0.3, 0.4) is 0 Å². The largest absolute Gasteiger partial charge is 0.488 e. The van der Waals surface area contributed by atoms with Gasteiger partial charge in [0.1, 0.15) is 18.0 Å². The lowest BCUT2D eigenvalue weighted by Crippen LogP contribution is -2.06. The molecule has 1 N–H and O–H groups in total. The second kappa shape index (κ2) is 10.1. The SMILES string of the molecule is N#Cc1ccccc1COc1ccc(Br)cc1/C=N\Nc1ccc(C(F)(F)F)cc1[N+](=O)[O-]. The third-order valence-electron chi connectivity index (χ3n) is 4.40. The number of ether oxygens (including phenoxy) is 1. The fourth-order valence-corrected chi connectivity index (χ4v) is 3.17. The van der Waals surface area contributed by atoms with E-state index >= 15 is 0 Å². The Kier molecular flexibility index (Phi) is 7.30. The molecule has 0 atom stereocenters. The highest BCUT2D eigenvalue weighted by Gasteiger charge is 2.33. The van der Waals surface area contributed by atoms with Crippen LogP contribution < -0.4 is 10.2 Å². The van der Waals surface area contributed by atoms with Gasteiger partial charge in [0, 0.05) is 21.7 Å². The third-order valence-corrected chi connectivity index (χ3v) is 4.90. The first kappa shape index (κ1) is 23.7. The molecule has 3 aromatic rings. The van der Waals surface area contributed by atoms with E-state index in [1.807, 2.05) is 0 Å². The van der Waals surface area contributed by atoms with Crippen molar-refractivity contribution in [3.63, 3.8) is 0 Å². The summed E-state index contributed by atoms with van der Waals surface area (Å²) < 4.78 is 45.1. The Labute approximate surface area is 194 Å². The lowest BCUT2D eigenvalue weighted by Gasteiger charge is -2.11. The number of rotatable bonds is 7. The van der Waals surface area contributed by atoms with Gasteiger partial charge in [0.05, 0.1) is 28.3 Å². The number of alkyl halides is 3. The molecule has 0 fully saturated rings. The summed E-state index contributed by atoms with van der Waals surface area (Å²) in [6.45, 7) is 0.115. The molecule has 11 heteroatoms. The fourth-order valence-electron chi connectivity index (χ4n) is 2.79. The Hall–Kier alpha value is -3.91. The van der Waals surface area contributed by atoms with Crippen LogP contribution in [0.15, 0.2) is 70.2 Å². The van der Waals surface area contributed by atoms with Crippen molar-refractivity contribution in [1.82, 2.24) is 0 Å². The number of nitro benzene ring substituents is 1. The van der Waals surface area contributed by atoms with Gasteiger partial charge < -0.3 is 4.74 Å². The summed E-state index contributed by atoms with van der Waals surface area (Å²) in [6.07, 6.45) is -3.39. The highest BCUT2D eigenvalue weighted by atomic mass is 79.9. The van der Waals surface area contributed by atoms with Gasteiger partial charge in [-0.3, -0.25) is 15.5 Å². The Morgan fingerprint density at radius 3 is 2.64 bits per heavy atom. The van der Waals surface area contributed by atoms with Crippen LogP contribution in [0.25, 0.3) is 0 Å². The van der Waals surface area contributed by atoms with Crippen LogP contribution in [-0.2, 0) is 12.8 Å². The van der Waals surface area contributed by atoms with Crippen molar-refractivity contribution in [2.24, 2.45) is 5.10 Å². The minimum atomic E-state index is -4.71. The smallest absolute Gasteiger partial charge is 0.416 e. The summed E-state index contributed by atoms with van der Waals surface area (Å²) in [5.74, 6) is 0.415. The van der Waals surface area contributed by atoms with Gasteiger partial charge in [-0.1, -0.05) is 34.1 Å². The highest BCUT2D eigenvalue weighted by Crippen LogP contribution is 2.35. The Balaban J connectivity index is 1.81. The van der Waals surface area contributed by atoms with E-state index in [4.69, 9.17) is 4.74 Å². The molecule has 33 heavy (non-hydrogen) atoms.